The summed E-state index contributed by atoms with van der Waals surface area (Å²) in [4.78, 5) is 24.2. The summed E-state index contributed by atoms with van der Waals surface area (Å²) >= 11 is 0. The summed E-state index contributed by atoms with van der Waals surface area (Å²) in [5.41, 5.74) is 1.34. The number of carboxylic acids is 1. The smallest absolute Gasteiger partial charge is 0.329 e. The van der Waals surface area contributed by atoms with Gasteiger partial charge in [0.1, 0.15) is 5.54 Å². The van der Waals surface area contributed by atoms with Gasteiger partial charge in [-0.3, -0.25) is 4.79 Å². The van der Waals surface area contributed by atoms with Crippen molar-refractivity contribution in [3.8, 4) is 0 Å². The zero-order valence-corrected chi connectivity index (χ0v) is 12.5. The van der Waals surface area contributed by atoms with Gasteiger partial charge in [0.05, 0.1) is 0 Å². The number of fused-ring (bicyclic) bond motifs is 1. The Morgan fingerprint density at radius 1 is 1.18 bits per heavy atom. The van der Waals surface area contributed by atoms with Crippen LogP contribution in [0.5, 0.6) is 0 Å². The number of nitrogens with one attached hydrogen (secondary N) is 1. The average Bonchev–Trinajstić information content (AvgIpc) is 2.55. The van der Waals surface area contributed by atoms with Gasteiger partial charge in [0.25, 0.3) is 0 Å². The fourth-order valence-electron chi connectivity index (χ4n) is 3.37. The van der Waals surface area contributed by atoms with Gasteiger partial charge in [0, 0.05) is 32.0 Å². The van der Waals surface area contributed by atoms with Crippen LogP contribution >= 0.6 is 0 Å². The van der Waals surface area contributed by atoms with Crippen LogP contribution in [0.25, 0.3) is 0 Å². The Bertz CT molecular complexity index is 578. The molecule has 5 nitrogen and oxygen atoms in total. The van der Waals surface area contributed by atoms with Crippen LogP contribution in [0.4, 0.5) is 0 Å². The fourth-order valence-corrected chi connectivity index (χ4v) is 3.37. The van der Waals surface area contributed by atoms with Crippen molar-refractivity contribution >= 4 is 11.9 Å². The molecule has 22 heavy (non-hydrogen) atoms. The van der Waals surface area contributed by atoms with E-state index in [-0.39, 0.29) is 11.8 Å². The van der Waals surface area contributed by atoms with E-state index in [1.807, 2.05) is 12.1 Å². The van der Waals surface area contributed by atoms with E-state index in [9.17, 15) is 14.7 Å². The predicted molar refractivity (Wildman–Crippen MR) is 80.5 cm³/mol. The third kappa shape index (κ3) is 2.86. The molecular weight excluding hydrogens is 282 g/mol. The molecule has 0 radical (unpaired) electrons. The molecule has 0 aromatic heterocycles. The molecule has 3 rings (SSSR count). The van der Waals surface area contributed by atoms with Crippen LogP contribution in [0.2, 0.25) is 0 Å². The predicted octanol–water partition coefficient (Wildman–Crippen LogP) is 1.54. The first-order chi connectivity index (χ1) is 10.6. The van der Waals surface area contributed by atoms with E-state index in [4.69, 9.17) is 4.74 Å². The number of aliphatic carboxylic acids is 1. The molecule has 1 unspecified atom stereocenters. The van der Waals surface area contributed by atoms with E-state index in [2.05, 4.69) is 17.4 Å². The second kappa shape index (κ2) is 6.08. The molecule has 0 bridgehead atoms. The van der Waals surface area contributed by atoms with E-state index in [1.54, 1.807) is 0 Å². The van der Waals surface area contributed by atoms with Crippen molar-refractivity contribution in [3.63, 3.8) is 0 Å². The van der Waals surface area contributed by atoms with Crippen molar-refractivity contribution in [2.75, 3.05) is 13.2 Å². The lowest BCUT2D eigenvalue weighted by Gasteiger charge is -2.35. The van der Waals surface area contributed by atoms with Crippen molar-refractivity contribution in [2.24, 2.45) is 5.92 Å². The van der Waals surface area contributed by atoms with Crippen LogP contribution in [-0.2, 0) is 27.2 Å². The highest BCUT2D eigenvalue weighted by molar-refractivity contribution is 5.88. The summed E-state index contributed by atoms with van der Waals surface area (Å²) in [6.45, 7) is 0.750. The zero-order chi connectivity index (χ0) is 15.6. The van der Waals surface area contributed by atoms with Gasteiger partial charge < -0.3 is 15.2 Å². The third-order valence-corrected chi connectivity index (χ3v) is 4.84. The molecule has 1 amide bonds. The van der Waals surface area contributed by atoms with Gasteiger partial charge in [-0.1, -0.05) is 24.3 Å². The van der Waals surface area contributed by atoms with E-state index in [1.165, 1.54) is 11.1 Å². The maximum Gasteiger partial charge on any atom is 0.329 e. The maximum absolute atomic E-state index is 12.6. The second-order valence-corrected chi connectivity index (χ2v) is 6.20. The summed E-state index contributed by atoms with van der Waals surface area (Å²) in [7, 11) is 0. The minimum atomic E-state index is -1.16. The number of aryl methyl sites for hydroxylation is 1. The standard InChI is InChI=1S/C17H21NO4/c19-15(18-17(16(20)21)7-9-22-10-8-17)14-6-5-12-3-1-2-4-13(12)11-14/h1-4,14H,5-11H2,(H,18,19)(H,20,21). The normalized spacial score (nSPS) is 23.4. The van der Waals surface area contributed by atoms with Crippen LogP contribution in [0.3, 0.4) is 0 Å². The minimum absolute atomic E-state index is 0.140. The molecule has 1 saturated heterocycles. The summed E-state index contributed by atoms with van der Waals surface area (Å²) in [6.07, 6.45) is 3.00. The number of carboxylic acid groups (broad SMARTS) is 1. The van der Waals surface area contributed by atoms with Crippen LogP contribution in [0, 0.1) is 5.92 Å². The van der Waals surface area contributed by atoms with Crippen molar-refractivity contribution in [3.05, 3.63) is 35.4 Å². The van der Waals surface area contributed by atoms with E-state index in [0.29, 0.717) is 32.5 Å². The molecule has 0 saturated carbocycles. The van der Waals surface area contributed by atoms with Gasteiger partial charge in [0.15, 0.2) is 0 Å². The molecule has 1 heterocycles. The molecular formula is C17H21NO4. The first-order valence-electron chi connectivity index (χ1n) is 7.81. The van der Waals surface area contributed by atoms with Crippen LogP contribution in [0.1, 0.15) is 30.4 Å². The molecule has 2 N–H and O–H groups in total. The first-order valence-corrected chi connectivity index (χ1v) is 7.81. The first kappa shape index (κ1) is 15.0. The summed E-state index contributed by atoms with van der Waals surface area (Å²) in [6, 6.07) is 8.15. The lowest BCUT2D eigenvalue weighted by molar-refractivity contribution is -0.152. The lowest BCUT2D eigenvalue weighted by Crippen LogP contribution is -2.59. The number of hydrogen-bond donors (Lipinski definition) is 2. The zero-order valence-electron chi connectivity index (χ0n) is 12.5. The molecule has 1 aliphatic carbocycles. The number of benzene rings is 1. The Balaban J connectivity index is 1.70. The van der Waals surface area contributed by atoms with Gasteiger partial charge in [0.2, 0.25) is 5.91 Å². The third-order valence-electron chi connectivity index (χ3n) is 4.84. The average molecular weight is 303 g/mol. The second-order valence-electron chi connectivity index (χ2n) is 6.20. The number of carbonyl (C=O) groups excluding carboxylic acids is 1. The van der Waals surface area contributed by atoms with Crippen LogP contribution < -0.4 is 5.32 Å². The van der Waals surface area contributed by atoms with E-state index < -0.39 is 11.5 Å². The largest absolute Gasteiger partial charge is 0.480 e. The minimum Gasteiger partial charge on any atom is -0.480 e. The van der Waals surface area contributed by atoms with Gasteiger partial charge in [-0.05, 0) is 30.4 Å². The number of carbonyl (C=O) groups is 2. The molecule has 0 spiro atoms. The molecule has 5 heteroatoms. The quantitative estimate of drug-likeness (QED) is 0.888. The summed E-state index contributed by atoms with van der Waals surface area (Å²) in [5, 5.41) is 12.3. The van der Waals surface area contributed by atoms with Crippen molar-refractivity contribution < 1.29 is 19.4 Å². The maximum atomic E-state index is 12.6. The van der Waals surface area contributed by atoms with E-state index >= 15 is 0 Å². The van der Waals surface area contributed by atoms with Crippen LogP contribution in [0.15, 0.2) is 24.3 Å². The molecule has 1 atom stereocenters. The van der Waals surface area contributed by atoms with Gasteiger partial charge >= 0.3 is 5.97 Å². The SMILES string of the molecule is O=C(NC1(C(=O)O)CCOCC1)C1CCc2ccccc2C1. The van der Waals surface area contributed by atoms with Gasteiger partial charge in [-0.25, -0.2) is 4.79 Å². The Kier molecular flexibility index (Phi) is 4.16. The molecule has 2 aliphatic rings. The Hall–Kier alpha value is -1.88. The van der Waals surface area contributed by atoms with Gasteiger partial charge in [-0.2, -0.15) is 0 Å². The Morgan fingerprint density at radius 2 is 1.86 bits per heavy atom. The summed E-state index contributed by atoms with van der Waals surface area (Å²) < 4.78 is 5.23. The molecule has 1 aliphatic heterocycles. The van der Waals surface area contributed by atoms with Crippen LogP contribution in [-0.4, -0.2) is 35.7 Å². The highest BCUT2D eigenvalue weighted by Crippen LogP contribution is 2.27. The molecule has 1 aromatic carbocycles. The fraction of sp³-hybridized carbons (Fsp3) is 0.529. The van der Waals surface area contributed by atoms with Crippen molar-refractivity contribution in [1.82, 2.24) is 5.32 Å². The molecule has 1 fully saturated rings. The van der Waals surface area contributed by atoms with Crippen molar-refractivity contribution in [1.29, 1.82) is 0 Å². The topological polar surface area (TPSA) is 75.6 Å². The van der Waals surface area contributed by atoms with Gasteiger partial charge in [-0.15, -0.1) is 0 Å². The summed E-state index contributed by atoms with van der Waals surface area (Å²) in [5.74, 6) is -1.24. The van der Waals surface area contributed by atoms with Crippen molar-refractivity contribution in [2.45, 2.75) is 37.6 Å². The highest BCUT2D eigenvalue weighted by atomic mass is 16.5. The highest BCUT2D eigenvalue weighted by Gasteiger charge is 2.42. The monoisotopic (exact) mass is 303 g/mol. The number of hydrogen-bond acceptors (Lipinski definition) is 3. The molecule has 118 valence electrons. The number of rotatable bonds is 3. The lowest BCUT2D eigenvalue weighted by atomic mass is 9.82. The Labute approximate surface area is 129 Å². The number of amides is 1. The molecule has 1 aromatic rings. The number of ether oxygens (including phenoxy) is 1. The Morgan fingerprint density at radius 3 is 2.55 bits per heavy atom. The van der Waals surface area contributed by atoms with E-state index in [0.717, 1.165) is 12.8 Å².